The van der Waals surface area contributed by atoms with E-state index in [4.69, 9.17) is 0 Å². The lowest BCUT2D eigenvalue weighted by atomic mass is 10.2. The van der Waals surface area contributed by atoms with Gasteiger partial charge in [-0.15, -0.1) is 4.72 Å². The Hall–Kier alpha value is -0.500. The lowest BCUT2D eigenvalue weighted by molar-refractivity contribution is -0.137. The van der Waals surface area contributed by atoms with Crippen molar-refractivity contribution < 1.29 is 17.7 Å². The highest BCUT2D eigenvalue weighted by atomic mass is 79.9. The summed E-state index contributed by atoms with van der Waals surface area (Å²) < 4.78 is 51.9. The van der Waals surface area contributed by atoms with Gasteiger partial charge in [0.05, 0.1) is 27.9 Å². The molecule has 1 rings (SSSR count). The van der Waals surface area contributed by atoms with E-state index in [0.717, 1.165) is 17.7 Å². The van der Waals surface area contributed by atoms with E-state index in [2.05, 4.69) is 27.2 Å². The molecule has 18 heavy (non-hydrogen) atoms. The minimum Gasteiger partial charge on any atom is -0.593 e. The highest BCUT2D eigenvalue weighted by molar-refractivity contribution is 9.10. The van der Waals surface area contributed by atoms with Crippen molar-refractivity contribution in [1.29, 1.82) is 0 Å². The highest BCUT2D eigenvalue weighted by Crippen LogP contribution is 2.33. The first kappa shape index (κ1) is 15.6. The Labute approximate surface area is 115 Å². The lowest BCUT2D eigenvalue weighted by Crippen LogP contribution is -2.25. The number of rotatable bonds is 4. The van der Waals surface area contributed by atoms with E-state index in [1.807, 2.05) is 0 Å². The van der Waals surface area contributed by atoms with Crippen molar-refractivity contribution in [2.45, 2.75) is 18.0 Å². The van der Waals surface area contributed by atoms with E-state index in [1.54, 1.807) is 6.92 Å². The van der Waals surface area contributed by atoms with Crippen molar-refractivity contribution in [1.82, 2.24) is 4.72 Å². The largest absolute Gasteiger partial charge is 0.593 e. The van der Waals surface area contributed by atoms with Gasteiger partial charge in [-0.25, -0.2) is 0 Å². The number of halogens is 4. The van der Waals surface area contributed by atoms with Crippen molar-refractivity contribution in [3.63, 3.8) is 0 Å². The molecule has 0 aromatic heterocycles. The monoisotopic (exact) mass is 341 g/mol. The van der Waals surface area contributed by atoms with Gasteiger partial charge in [-0.1, -0.05) is 12.2 Å². The van der Waals surface area contributed by atoms with E-state index in [-0.39, 0.29) is 9.37 Å². The van der Waals surface area contributed by atoms with Crippen LogP contribution in [0.3, 0.4) is 0 Å². The smallest absolute Gasteiger partial charge is 0.416 e. The zero-order valence-electron chi connectivity index (χ0n) is 9.47. The van der Waals surface area contributed by atoms with Crippen LogP contribution < -0.4 is 4.72 Å². The Balaban J connectivity index is 2.88. The molecular weight excluding hydrogens is 331 g/mol. The molecule has 100 valence electrons. The van der Waals surface area contributed by atoms with E-state index in [0.29, 0.717) is 6.54 Å². The molecule has 0 aliphatic rings. The van der Waals surface area contributed by atoms with Crippen LogP contribution in [-0.4, -0.2) is 11.1 Å². The first-order chi connectivity index (χ1) is 8.21. The molecule has 7 heteroatoms. The molecule has 0 spiro atoms. The maximum Gasteiger partial charge on any atom is 0.416 e. The van der Waals surface area contributed by atoms with Crippen molar-refractivity contribution in [3.8, 4) is 0 Å². The zero-order chi connectivity index (χ0) is 13.9. The van der Waals surface area contributed by atoms with Gasteiger partial charge in [0.15, 0.2) is 4.90 Å². The standard InChI is InChI=1S/C11H11BrF3NOS/c1-7(2)6-16-18(17)10-4-3-8(5-9(10)12)11(13,14)15/h3-5,16H,1,6H2,2H3. The summed E-state index contributed by atoms with van der Waals surface area (Å²) in [4.78, 5) is 0.268. The fraction of sp³-hybridized carbons (Fsp3) is 0.273. The minimum atomic E-state index is -4.41. The molecule has 0 saturated heterocycles. The summed E-state index contributed by atoms with van der Waals surface area (Å²) in [5.74, 6) is 0. The van der Waals surface area contributed by atoms with Crippen LogP contribution in [-0.2, 0) is 17.5 Å². The Morgan fingerprint density at radius 1 is 1.50 bits per heavy atom. The van der Waals surface area contributed by atoms with Crippen LogP contribution in [0.1, 0.15) is 12.5 Å². The average Bonchev–Trinajstić information content (AvgIpc) is 2.24. The van der Waals surface area contributed by atoms with Gasteiger partial charge in [0.25, 0.3) is 0 Å². The number of nitrogens with one attached hydrogen (secondary N) is 1. The summed E-state index contributed by atoms with van der Waals surface area (Å²) >= 11 is 1.42. The molecule has 1 atom stereocenters. The predicted molar refractivity (Wildman–Crippen MR) is 68.4 cm³/mol. The third-order valence-corrected chi connectivity index (χ3v) is 4.04. The third kappa shape index (κ3) is 4.31. The van der Waals surface area contributed by atoms with Crippen LogP contribution in [0.5, 0.6) is 0 Å². The summed E-state index contributed by atoms with van der Waals surface area (Å²) in [6.07, 6.45) is -4.41. The zero-order valence-corrected chi connectivity index (χ0v) is 11.9. The average molecular weight is 342 g/mol. The fourth-order valence-electron chi connectivity index (χ4n) is 1.09. The second-order valence-electron chi connectivity index (χ2n) is 3.69. The van der Waals surface area contributed by atoms with Crippen molar-refractivity contribution in [2.75, 3.05) is 6.54 Å². The van der Waals surface area contributed by atoms with Gasteiger partial charge in [0.1, 0.15) is 0 Å². The van der Waals surface area contributed by atoms with E-state index < -0.39 is 23.1 Å². The Morgan fingerprint density at radius 2 is 2.11 bits per heavy atom. The van der Waals surface area contributed by atoms with Crippen molar-refractivity contribution >= 4 is 27.3 Å². The molecule has 0 heterocycles. The molecule has 1 aromatic rings. The second-order valence-corrected chi connectivity index (χ2v) is 5.81. The number of benzene rings is 1. The van der Waals surface area contributed by atoms with Gasteiger partial charge < -0.3 is 4.55 Å². The van der Waals surface area contributed by atoms with Gasteiger partial charge in [0, 0.05) is 0 Å². The first-order valence-electron chi connectivity index (χ1n) is 4.88. The molecule has 0 bridgehead atoms. The fourth-order valence-corrected chi connectivity index (χ4v) is 2.87. The van der Waals surface area contributed by atoms with E-state index in [1.165, 1.54) is 6.07 Å². The Morgan fingerprint density at radius 3 is 2.56 bits per heavy atom. The maximum atomic E-state index is 12.4. The van der Waals surface area contributed by atoms with Crippen LogP contribution in [0.2, 0.25) is 0 Å². The Bertz CT molecular complexity index is 450. The van der Waals surface area contributed by atoms with Gasteiger partial charge in [-0.3, -0.25) is 0 Å². The van der Waals surface area contributed by atoms with Crippen LogP contribution >= 0.6 is 15.9 Å². The van der Waals surface area contributed by atoms with Crippen LogP contribution in [0.4, 0.5) is 13.2 Å². The topological polar surface area (TPSA) is 35.1 Å². The van der Waals surface area contributed by atoms with Crippen molar-refractivity contribution in [2.24, 2.45) is 0 Å². The third-order valence-electron chi connectivity index (χ3n) is 1.96. The molecular formula is C11H11BrF3NOS. The van der Waals surface area contributed by atoms with E-state index in [9.17, 15) is 17.7 Å². The number of hydrogen-bond donors (Lipinski definition) is 1. The van der Waals surface area contributed by atoms with Gasteiger partial charge >= 0.3 is 6.18 Å². The number of hydrogen-bond acceptors (Lipinski definition) is 2. The van der Waals surface area contributed by atoms with Gasteiger partial charge in [-0.05, 0) is 41.1 Å². The molecule has 0 radical (unpaired) electrons. The normalized spacial score (nSPS) is 13.4. The second kappa shape index (κ2) is 6.10. The van der Waals surface area contributed by atoms with Crippen LogP contribution in [0.15, 0.2) is 39.7 Å². The predicted octanol–water partition coefficient (Wildman–Crippen LogP) is 3.66. The molecule has 0 fully saturated rings. The summed E-state index contributed by atoms with van der Waals surface area (Å²) in [5.41, 5.74) is 0.00131. The summed E-state index contributed by atoms with van der Waals surface area (Å²) in [6.45, 7) is 5.72. The highest BCUT2D eigenvalue weighted by Gasteiger charge is 2.32. The molecule has 1 N–H and O–H groups in total. The van der Waals surface area contributed by atoms with E-state index >= 15 is 0 Å². The molecule has 0 aliphatic carbocycles. The maximum absolute atomic E-state index is 12.4. The molecule has 0 amide bonds. The van der Waals surface area contributed by atoms with Crippen LogP contribution in [0.25, 0.3) is 0 Å². The first-order valence-corrected chi connectivity index (χ1v) is 6.82. The Kier molecular flexibility index (Phi) is 5.27. The minimum absolute atomic E-state index is 0.157. The quantitative estimate of drug-likeness (QED) is 0.670. The van der Waals surface area contributed by atoms with Gasteiger partial charge in [0.2, 0.25) is 0 Å². The van der Waals surface area contributed by atoms with Gasteiger partial charge in [-0.2, -0.15) is 13.2 Å². The number of alkyl halides is 3. The van der Waals surface area contributed by atoms with Crippen molar-refractivity contribution in [3.05, 3.63) is 40.4 Å². The summed E-state index contributed by atoms with van der Waals surface area (Å²) in [7, 11) is 0. The van der Waals surface area contributed by atoms with Crippen LogP contribution in [0, 0.1) is 0 Å². The molecule has 0 aliphatic heterocycles. The molecule has 1 aromatic carbocycles. The SMILES string of the molecule is C=C(C)CN[S+]([O-])c1ccc(C(F)(F)F)cc1Br. The summed E-state index contributed by atoms with van der Waals surface area (Å²) in [6, 6.07) is 3.00. The summed E-state index contributed by atoms with van der Waals surface area (Å²) in [5, 5.41) is 0. The molecule has 2 nitrogen and oxygen atoms in total. The molecule has 0 saturated carbocycles. The molecule has 1 unspecified atom stereocenters. The lowest BCUT2D eigenvalue weighted by Gasteiger charge is -2.13.